The van der Waals surface area contributed by atoms with Gasteiger partial charge < -0.3 is 4.90 Å². The molecular formula is C21H28N2O. The Morgan fingerprint density at radius 1 is 0.875 bits per heavy atom. The zero-order valence-corrected chi connectivity index (χ0v) is 15.0. The van der Waals surface area contributed by atoms with E-state index in [-0.39, 0.29) is 5.91 Å². The van der Waals surface area contributed by atoms with Gasteiger partial charge in [-0.05, 0) is 24.5 Å². The van der Waals surface area contributed by atoms with Gasteiger partial charge in [-0.1, -0.05) is 60.7 Å². The highest BCUT2D eigenvalue weighted by Crippen LogP contribution is 2.16. The van der Waals surface area contributed by atoms with E-state index in [1.807, 2.05) is 26.2 Å². The lowest BCUT2D eigenvalue weighted by Gasteiger charge is -2.29. The molecule has 1 atom stereocenters. The van der Waals surface area contributed by atoms with E-state index in [0.717, 1.165) is 19.5 Å². The van der Waals surface area contributed by atoms with Crippen molar-refractivity contribution >= 4 is 5.91 Å². The summed E-state index contributed by atoms with van der Waals surface area (Å²) >= 11 is 0. The zero-order valence-electron chi connectivity index (χ0n) is 15.0. The highest BCUT2D eigenvalue weighted by molar-refractivity contribution is 5.75. The molecule has 0 fully saturated rings. The number of amides is 1. The van der Waals surface area contributed by atoms with Crippen LogP contribution in [0.15, 0.2) is 60.7 Å². The molecule has 0 aromatic heterocycles. The van der Waals surface area contributed by atoms with Crippen molar-refractivity contribution < 1.29 is 4.79 Å². The molecule has 2 aromatic rings. The molecule has 128 valence electrons. The SMILES string of the molecule is C[C@H](CCC(=O)N(C)C)N(Cc1ccccc1)Cc1ccccc1. The predicted molar refractivity (Wildman–Crippen MR) is 99.5 cm³/mol. The monoisotopic (exact) mass is 324 g/mol. The Hall–Kier alpha value is -2.13. The van der Waals surface area contributed by atoms with E-state index in [1.54, 1.807) is 4.90 Å². The highest BCUT2D eigenvalue weighted by Gasteiger charge is 2.16. The van der Waals surface area contributed by atoms with E-state index in [9.17, 15) is 4.79 Å². The molecule has 24 heavy (non-hydrogen) atoms. The Bertz CT molecular complexity index is 569. The molecule has 0 aliphatic rings. The highest BCUT2D eigenvalue weighted by atomic mass is 16.2. The zero-order chi connectivity index (χ0) is 17.4. The molecule has 2 rings (SSSR count). The Morgan fingerprint density at radius 3 is 1.75 bits per heavy atom. The van der Waals surface area contributed by atoms with Crippen LogP contribution in [0.4, 0.5) is 0 Å². The van der Waals surface area contributed by atoms with Crippen LogP contribution in [0.5, 0.6) is 0 Å². The van der Waals surface area contributed by atoms with E-state index in [1.165, 1.54) is 11.1 Å². The summed E-state index contributed by atoms with van der Waals surface area (Å²) in [6, 6.07) is 21.4. The topological polar surface area (TPSA) is 23.6 Å². The Balaban J connectivity index is 2.05. The Kier molecular flexibility index (Phi) is 7.01. The number of carbonyl (C=O) groups is 1. The van der Waals surface area contributed by atoms with Gasteiger partial charge in [-0.3, -0.25) is 9.69 Å². The fraction of sp³-hybridized carbons (Fsp3) is 0.381. The average molecular weight is 324 g/mol. The lowest BCUT2D eigenvalue weighted by molar-refractivity contribution is -0.129. The van der Waals surface area contributed by atoms with Crippen LogP contribution in [0.3, 0.4) is 0 Å². The van der Waals surface area contributed by atoms with Crippen molar-refractivity contribution in [3.8, 4) is 0 Å². The molecule has 0 radical (unpaired) electrons. The molecule has 1 amide bonds. The quantitative estimate of drug-likeness (QED) is 0.734. The summed E-state index contributed by atoms with van der Waals surface area (Å²) in [5.41, 5.74) is 2.61. The maximum atomic E-state index is 11.9. The standard InChI is InChI=1S/C21H28N2O/c1-18(14-15-21(24)22(2)3)23(16-19-10-6-4-7-11-19)17-20-12-8-5-9-13-20/h4-13,18H,14-17H2,1-3H3/t18-/m1/s1. The molecule has 0 saturated heterocycles. The van der Waals surface area contributed by atoms with Crippen LogP contribution >= 0.6 is 0 Å². The smallest absolute Gasteiger partial charge is 0.222 e. The fourth-order valence-corrected chi connectivity index (χ4v) is 2.74. The van der Waals surface area contributed by atoms with Gasteiger partial charge in [0.05, 0.1) is 0 Å². The molecule has 2 aromatic carbocycles. The third-order valence-corrected chi connectivity index (χ3v) is 4.36. The molecule has 3 heteroatoms. The normalized spacial score (nSPS) is 12.2. The molecule has 0 N–H and O–H groups in total. The number of rotatable bonds is 8. The van der Waals surface area contributed by atoms with Crippen LogP contribution in [-0.4, -0.2) is 35.8 Å². The van der Waals surface area contributed by atoms with Crippen LogP contribution in [-0.2, 0) is 17.9 Å². The summed E-state index contributed by atoms with van der Waals surface area (Å²) in [6.45, 7) is 4.01. The maximum Gasteiger partial charge on any atom is 0.222 e. The van der Waals surface area contributed by atoms with Gasteiger partial charge in [-0.2, -0.15) is 0 Å². The first-order valence-electron chi connectivity index (χ1n) is 8.58. The van der Waals surface area contributed by atoms with E-state index >= 15 is 0 Å². The summed E-state index contributed by atoms with van der Waals surface area (Å²) < 4.78 is 0. The summed E-state index contributed by atoms with van der Waals surface area (Å²) in [4.78, 5) is 16.0. The molecule has 0 aliphatic carbocycles. The molecule has 0 unspecified atom stereocenters. The van der Waals surface area contributed by atoms with Gasteiger partial charge in [-0.25, -0.2) is 0 Å². The lowest BCUT2D eigenvalue weighted by atomic mass is 10.1. The van der Waals surface area contributed by atoms with Crippen molar-refractivity contribution in [1.29, 1.82) is 0 Å². The van der Waals surface area contributed by atoms with Gasteiger partial charge in [0.2, 0.25) is 5.91 Å². The number of hydrogen-bond donors (Lipinski definition) is 0. The second kappa shape index (κ2) is 9.24. The third kappa shape index (κ3) is 5.82. The van der Waals surface area contributed by atoms with Crippen LogP contribution in [0.2, 0.25) is 0 Å². The average Bonchev–Trinajstić information content (AvgIpc) is 2.60. The van der Waals surface area contributed by atoms with Gasteiger partial charge in [0.25, 0.3) is 0 Å². The second-order valence-corrected chi connectivity index (χ2v) is 6.55. The first kappa shape index (κ1) is 18.2. The molecular weight excluding hydrogens is 296 g/mol. The third-order valence-electron chi connectivity index (χ3n) is 4.36. The summed E-state index contributed by atoms with van der Waals surface area (Å²) in [5, 5.41) is 0. The summed E-state index contributed by atoms with van der Waals surface area (Å²) in [6.07, 6.45) is 1.46. The summed E-state index contributed by atoms with van der Waals surface area (Å²) in [5.74, 6) is 0.196. The van der Waals surface area contributed by atoms with Crippen molar-refractivity contribution in [2.75, 3.05) is 14.1 Å². The van der Waals surface area contributed by atoms with Gasteiger partial charge in [0.15, 0.2) is 0 Å². The minimum absolute atomic E-state index is 0.196. The Labute approximate surface area is 145 Å². The predicted octanol–water partition coefficient (Wildman–Crippen LogP) is 3.95. The van der Waals surface area contributed by atoms with Crippen LogP contribution < -0.4 is 0 Å². The first-order chi connectivity index (χ1) is 11.6. The van der Waals surface area contributed by atoms with Crippen LogP contribution in [0, 0.1) is 0 Å². The lowest BCUT2D eigenvalue weighted by Crippen LogP contribution is -2.33. The van der Waals surface area contributed by atoms with E-state index in [4.69, 9.17) is 0 Å². The first-order valence-corrected chi connectivity index (χ1v) is 8.58. The van der Waals surface area contributed by atoms with Crippen molar-refractivity contribution in [3.63, 3.8) is 0 Å². The minimum atomic E-state index is 0.196. The van der Waals surface area contributed by atoms with Gasteiger partial charge in [-0.15, -0.1) is 0 Å². The van der Waals surface area contributed by atoms with Crippen molar-refractivity contribution in [1.82, 2.24) is 9.80 Å². The van der Waals surface area contributed by atoms with E-state index in [2.05, 4.69) is 60.4 Å². The van der Waals surface area contributed by atoms with Gasteiger partial charge >= 0.3 is 0 Å². The van der Waals surface area contributed by atoms with Crippen molar-refractivity contribution in [2.45, 2.75) is 38.9 Å². The molecule has 0 heterocycles. The number of benzene rings is 2. The number of carbonyl (C=O) groups excluding carboxylic acids is 1. The molecule has 0 spiro atoms. The molecule has 0 saturated carbocycles. The molecule has 0 bridgehead atoms. The fourth-order valence-electron chi connectivity index (χ4n) is 2.74. The Morgan fingerprint density at radius 2 is 1.33 bits per heavy atom. The maximum absolute atomic E-state index is 11.9. The van der Waals surface area contributed by atoms with Gasteiger partial charge in [0.1, 0.15) is 0 Å². The van der Waals surface area contributed by atoms with Gasteiger partial charge in [0, 0.05) is 39.6 Å². The largest absolute Gasteiger partial charge is 0.349 e. The van der Waals surface area contributed by atoms with Crippen molar-refractivity contribution in [2.24, 2.45) is 0 Å². The van der Waals surface area contributed by atoms with Crippen LogP contribution in [0.1, 0.15) is 30.9 Å². The molecule has 0 aliphatic heterocycles. The summed E-state index contributed by atoms with van der Waals surface area (Å²) in [7, 11) is 3.64. The van der Waals surface area contributed by atoms with Crippen LogP contribution in [0.25, 0.3) is 0 Å². The second-order valence-electron chi connectivity index (χ2n) is 6.55. The van der Waals surface area contributed by atoms with E-state index < -0.39 is 0 Å². The number of nitrogens with zero attached hydrogens (tertiary/aromatic N) is 2. The minimum Gasteiger partial charge on any atom is -0.349 e. The van der Waals surface area contributed by atoms with Crippen molar-refractivity contribution in [3.05, 3.63) is 71.8 Å². The number of hydrogen-bond acceptors (Lipinski definition) is 2. The van der Waals surface area contributed by atoms with E-state index in [0.29, 0.717) is 12.5 Å². The molecule has 3 nitrogen and oxygen atoms in total.